The van der Waals surface area contributed by atoms with E-state index in [9.17, 15) is 0 Å². The van der Waals surface area contributed by atoms with E-state index >= 15 is 0 Å². The van der Waals surface area contributed by atoms with Gasteiger partial charge in [0.1, 0.15) is 0 Å². The van der Waals surface area contributed by atoms with Gasteiger partial charge in [0.2, 0.25) is 0 Å². The van der Waals surface area contributed by atoms with Crippen LogP contribution in [0.5, 0.6) is 0 Å². The lowest BCUT2D eigenvalue weighted by atomic mass is 10.1. The maximum atomic E-state index is 5.65. The van der Waals surface area contributed by atoms with Crippen LogP contribution in [0.1, 0.15) is 37.6 Å². The Hall–Kier alpha value is -0.970. The molecule has 1 aromatic rings. The van der Waals surface area contributed by atoms with Crippen molar-refractivity contribution < 1.29 is 4.74 Å². The Balaban J connectivity index is 1.56. The molecule has 1 saturated heterocycles. The standard InChI is InChI=1S/C16H25N3O/c1-12-16(8-9-20-12)19(2)11-15-5-3-4-14(18-15)10-17-13-6-7-13/h3-5,12-13,16-17H,6-11H2,1-2H3. The number of hydrogen-bond acceptors (Lipinski definition) is 4. The molecule has 0 spiro atoms. The molecule has 0 aromatic carbocycles. The summed E-state index contributed by atoms with van der Waals surface area (Å²) in [7, 11) is 2.17. The van der Waals surface area contributed by atoms with E-state index in [1.54, 1.807) is 0 Å². The summed E-state index contributed by atoms with van der Waals surface area (Å²) in [4.78, 5) is 7.14. The number of nitrogens with one attached hydrogen (secondary N) is 1. The summed E-state index contributed by atoms with van der Waals surface area (Å²) in [5, 5.41) is 3.52. The lowest BCUT2D eigenvalue weighted by molar-refractivity contribution is 0.0810. The average Bonchev–Trinajstić information content (AvgIpc) is 3.17. The predicted octanol–water partition coefficient (Wildman–Crippen LogP) is 1.94. The van der Waals surface area contributed by atoms with Gasteiger partial charge in [0.05, 0.1) is 17.5 Å². The van der Waals surface area contributed by atoms with Crippen molar-refractivity contribution >= 4 is 0 Å². The molecule has 2 fully saturated rings. The Bertz CT molecular complexity index is 447. The predicted molar refractivity (Wildman–Crippen MR) is 79.4 cm³/mol. The molecule has 1 saturated carbocycles. The van der Waals surface area contributed by atoms with E-state index in [1.807, 2.05) is 0 Å². The Labute approximate surface area is 121 Å². The highest BCUT2D eigenvalue weighted by atomic mass is 16.5. The molecule has 4 heteroatoms. The maximum absolute atomic E-state index is 5.65. The van der Waals surface area contributed by atoms with Crippen LogP contribution in [-0.2, 0) is 17.8 Å². The minimum absolute atomic E-state index is 0.333. The summed E-state index contributed by atoms with van der Waals surface area (Å²) in [5.41, 5.74) is 2.31. The fourth-order valence-electron chi connectivity index (χ4n) is 2.92. The van der Waals surface area contributed by atoms with Crippen LogP contribution in [0.4, 0.5) is 0 Å². The van der Waals surface area contributed by atoms with Crippen LogP contribution in [0.2, 0.25) is 0 Å². The zero-order valence-corrected chi connectivity index (χ0v) is 12.5. The molecule has 0 bridgehead atoms. The highest BCUT2D eigenvalue weighted by molar-refractivity contribution is 5.11. The lowest BCUT2D eigenvalue weighted by Gasteiger charge is -2.26. The second kappa shape index (κ2) is 6.20. The summed E-state index contributed by atoms with van der Waals surface area (Å²) in [6.07, 6.45) is 4.10. The van der Waals surface area contributed by atoms with Crippen molar-refractivity contribution in [3.8, 4) is 0 Å². The smallest absolute Gasteiger partial charge is 0.0703 e. The van der Waals surface area contributed by atoms with E-state index in [0.717, 1.165) is 43.5 Å². The van der Waals surface area contributed by atoms with Crippen molar-refractivity contribution in [3.05, 3.63) is 29.6 Å². The van der Waals surface area contributed by atoms with E-state index in [4.69, 9.17) is 9.72 Å². The van der Waals surface area contributed by atoms with E-state index in [1.165, 1.54) is 12.8 Å². The summed E-state index contributed by atoms with van der Waals surface area (Å²) >= 11 is 0. The molecule has 2 atom stereocenters. The van der Waals surface area contributed by atoms with Gasteiger partial charge in [-0.2, -0.15) is 0 Å². The van der Waals surface area contributed by atoms with Gasteiger partial charge in [-0.05, 0) is 45.4 Å². The SMILES string of the molecule is CC1OCCC1N(C)Cc1cccc(CNC2CC2)n1. The van der Waals surface area contributed by atoms with Gasteiger partial charge in [0, 0.05) is 31.8 Å². The molecule has 2 heterocycles. The Morgan fingerprint density at radius 3 is 2.80 bits per heavy atom. The number of rotatable bonds is 6. The van der Waals surface area contributed by atoms with Gasteiger partial charge >= 0.3 is 0 Å². The summed E-state index contributed by atoms with van der Waals surface area (Å²) in [6, 6.07) is 7.61. The van der Waals surface area contributed by atoms with Crippen molar-refractivity contribution in [3.63, 3.8) is 0 Å². The third kappa shape index (κ3) is 3.57. The summed E-state index contributed by atoms with van der Waals surface area (Å²) in [6.45, 7) is 4.84. The van der Waals surface area contributed by atoms with Crippen LogP contribution in [-0.4, -0.2) is 41.7 Å². The molecule has 1 N–H and O–H groups in total. The number of pyridine rings is 1. The summed E-state index contributed by atoms with van der Waals surface area (Å²) in [5.74, 6) is 0. The molecule has 1 aromatic heterocycles. The fraction of sp³-hybridized carbons (Fsp3) is 0.688. The minimum atomic E-state index is 0.333. The number of ether oxygens (including phenoxy) is 1. The molecule has 3 rings (SSSR count). The number of likely N-dealkylation sites (N-methyl/N-ethyl adjacent to an activating group) is 1. The van der Waals surface area contributed by atoms with Crippen LogP contribution < -0.4 is 5.32 Å². The molecule has 0 radical (unpaired) electrons. The van der Waals surface area contributed by atoms with Crippen LogP contribution >= 0.6 is 0 Å². The first-order valence-electron chi connectivity index (χ1n) is 7.72. The van der Waals surface area contributed by atoms with Gasteiger partial charge in [0.15, 0.2) is 0 Å². The van der Waals surface area contributed by atoms with Crippen molar-refractivity contribution in [1.29, 1.82) is 0 Å². The van der Waals surface area contributed by atoms with Crippen molar-refractivity contribution in [2.45, 2.75) is 57.5 Å². The highest BCUT2D eigenvalue weighted by Crippen LogP contribution is 2.20. The molecule has 110 valence electrons. The van der Waals surface area contributed by atoms with Crippen molar-refractivity contribution in [2.75, 3.05) is 13.7 Å². The second-order valence-electron chi connectivity index (χ2n) is 6.12. The van der Waals surface area contributed by atoms with Crippen LogP contribution in [0, 0.1) is 0 Å². The monoisotopic (exact) mass is 275 g/mol. The molecule has 4 nitrogen and oxygen atoms in total. The second-order valence-corrected chi connectivity index (χ2v) is 6.12. The number of aromatic nitrogens is 1. The third-order valence-corrected chi connectivity index (χ3v) is 4.33. The van der Waals surface area contributed by atoms with Gasteiger partial charge in [-0.15, -0.1) is 0 Å². The Kier molecular flexibility index (Phi) is 4.34. The van der Waals surface area contributed by atoms with Crippen LogP contribution in [0.25, 0.3) is 0 Å². The lowest BCUT2D eigenvalue weighted by Crippen LogP contribution is -2.36. The maximum Gasteiger partial charge on any atom is 0.0703 e. The first kappa shape index (κ1) is 14.0. The van der Waals surface area contributed by atoms with Crippen LogP contribution in [0.15, 0.2) is 18.2 Å². The number of hydrogen-bond donors (Lipinski definition) is 1. The molecule has 20 heavy (non-hydrogen) atoms. The average molecular weight is 275 g/mol. The fourth-order valence-corrected chi connectivity index (χ4v) is 2.92. The molecule has 1 aliphatic heterocycles. The molecule has 0 amide bonds. The first-order valence-corrected chi connectivity index (χ1v) is 7.72. The zero-order chi connectivity index (χ0) is 13.9. The van der Waals surface area contributed by atoms with Crippen molar-refractivity contribution in [2.24, 2.45) is 0 Å². The van der Waals surface area contributed by atoms with E-state index < -0.39 is 0 Å². The van der Waals surface area contributed by atoms with Crippen molar-refractivity contribution in [1.82, 2.24) is 15.2 Å². The first-order chi connectivity index (χ1) is 9.72. The van der Waals surface area contributed by atoms with E-state index in [0.29, 0.717) is 12.1 Å². The van der Waals surface area contributed by atoms with E-state index in [2.05, 4.69) is 42.4 Å². The summed E-state index contributed by atoms with van der Waals surface area (Å²) < 4.78 is 5.65. The molecule has 2 unspecified atom stereocenters. The van der Waals surface area contributed by atoms with Gasteiger partial charge in [-0.3, -0.25) is 9.88 Å². The quantitative estimate of drug-likeness (QED) is 0.861. The molecule has 2 aliphatic rings. The van der Waals surface area contributed by atoms with Crippen LogP contribution in [0.3, 0.4) is 0 Å². The largest absolute Gasteiger partial charge is 0.377 e. The van der Waals surface area contributed by atoms with Gasteiger partial charge < -0.3 is 10.1 Å². The van der Waals surface area contributed by atoms with Gasteiger partial charge in [-0.1, -0.05) is 6.07 Å². The molecular weight excluding hydrogens is 250 g/mol. The molecule has 1 aliphatic carbocycles. The highest BCUT2D eigenvalue weighted by Gasteiger charge is 2.27. The normalized spacial score (nSPS) is 26.4. The third-order valence-electron chi connectivity index (χ3n) is 4.33. The Morgan fingerprint density at radius 2 is 2.10 bits per heavy atom. The minimum Gasteiger partial charge on any atom is -0.377 e. The van der Waals surface area contributed by atoms with E-state index in [-0.39, 0.29) is 0 Å². The Morgan fingerprint density at radius 1 is 1.30 bits per heavy atom. The van der Waals surface area contributed by atoms with Gasteiger partial charge in [0.25, 0.3) is 0 Å². The van der Waals surface area contributed by atoms with Gasteiger partial charge in [-0.25, -0.2) is 0 Å². The topological polar surface area (TPSA) is 37.4 Å². The zero-order valence-electron chi connectivity index (χ0n) is 12.5. The molecular formula is C16H25N3O. The number of nitrogens with zero attached hydrogens (tertiary/aromatic N) is 2.